The van der Waals surface area contributed by atoms with Crippen molar-refractivity contribution in [2.24, 2.45) is 0 Å². The van der Waals surface area contributed by atoms with Crippen molar-refractivity contribution in [3.63, 3.8) is 0 Å². The Morgan fingerprint density at radius 2 is 1.91 bits per heavy atom. The highest BCUT2D eigenvalue weighted by Crippen LogP contribution is 2.48. The second-order valence-corrected chi connectivity index (χ2v) is 12.6. The number of anilines is 2. The lowest BCUT2D eigenvalue weighted by Gasteiger charge is -2.25. The molecule has 1 saturated heterocycles. The molecule has 1 unspecified atom stereocenters. The number of ether oxygens (including phenoxy) is 2. The number of halogens is 1. The van der Waals surface area contributed by atoms with Gasteiger partial charge < -0.3 is 24.0 Å². The average Bonchev–Trinajstić information content (AvgIpc) is 3.44. The van der Waals surface area contributed by atoms with E-state index in [0.29, 0.717) is 11.3 Å². The highest BCUT2D eigenvalue weighted by molar-refractivity contribution is 7.52. The Balaban J connectivity index is 1.60. The maximum absolute atomic E-state index is 16.2. The molecule has 0 aliphatic carbocycles. The number of hydrogen-bond donors (Lipinski definition) is 3. The van der Waals surface area contributed by atoms with Gasteiger partial charge in [-0.3, -0.25) is 24.0 Å². The molecule has 1 aromatic carbocycles. The molecule has 3 heterocycles. The Morgan fingerprint density at radius 3 is 2.52 bits per heavy atom. The summed E-state index contributed by atoms with van der Waals surface area (Å²) in [6.07, 6.45) is -3.70. The second kappa shape index (κ2) is 13.1. The van der Waals surface area contributed by atoms with E-state index in [2.05, 4.69) is 25.4 Å². The molecular weight excluding hydrogens is 600 g/mol. The van der Waals surface area contributed by atoms with Gasteiger partial charge in [-0.15, -0.1) is 0 Å². The predicted molar refractivity (Wildman–Crippen MR) is 158 cm³/mol. The SMILES string of the molecule is CC(=O)Nc1nc(N(C)C)c2ncn([C@@H]3O[C@H](COP(=O)(N[C@@H](C)C(=O)OC(C)C)Oc4ccccc4)[C@@H](O)[C@@]3(C)F)c2n1. The van der Waals surface area contributed by atoms with Gasteiger partial charge in [-0.05, 0) is 39.8 Å². The van der Waals surface area contributed by atoms with E-state index in [1.54, 1.807) is 51.0 Å². The van der Waals surface area contributed by atoms with Crippen molar-refractivity contribution >= 4 is 42.6 Å². The number of aromatic nitrogens is 4. The van der Waals surface area contributed by atoms with Crippen LogP contribution < -0.4 is 19.8 Å². The van der Waals surface area contributed by atoms with Crippen molar-refractivity contribution in [1.29, 1.82) is 0 Å². The minimum atomic E-state index is -4.32. The van der Waals surface area contributed by atoms with E-state index in [1.165, 1.54) is 36.9 Å². The first-order valence-electron chi connectivity index (χ1n) is 13.8. The molecular formula is C27H37FN7O8P. The highest BCUT2D eigenvalue weighted by Gasteiger charge is 2.56. The van der Waals surface area contributed by atoms with Crippen LogP contribution in [0.15, 0.2) is 36.7 Å². The van der Waals surface area contributed by atoms with E-state index in [9.17, 15) is 19.3 Å². The minimum absolute atomic E-state index is 0.0374. The lowest BCUT2D eigenvalue weighted by atomic mass is 9.98. The van der Waals surface area contributed by atoms with Crippen LogP contribution in [0.5, 0.6) is 5.75 Å². The fraction of sp³-hybridized carbons (Fsp3) is 0.519. The van der Waals surface area contributed by atoms with Crippen LogP contribution in [0.25, 0.3) is 11.2 Å². The van der Waals surface area contributed by atoms with Gasteiger partial charge in [-0.25, -0.2) is 13.9 Å². The third kappa shape index (κ3) is 7.33. The van der Waals surface area contributed by atoms with Crippen LogP contribution in [0, 0.1) is 0 Å². The summed E-state index contributed by atoms with van der Waals surface area (Å²) in [6, 6.07) is 6.99. The molecule has 0 saturated carbocycles. The zero-order valence-electron chi connectivity index (χ0n) is 25.4. The van der Waals surface area contributed by atoms with Crippen molar-refractivity contribution in [3.8, 4) is 5.75 Å². The lowest BCUT2D eigenvalue weighted by Crippen LogP contribution is -2.41. The lowest BCUT2D eigenvalue weighted by molar-refractivity contribution is -0.149. The maximum atomic E-state index is 16.2. The molecule has 0 spiro atoms. The first-order valence-corrected chi connectivity index (χ1v) is 15.3. The normalized spacial score (nSPS) is 23.7. The molecule has 0 bridgehead atoms. The Morgan fingerprint density at radius 1 is 1.23 bits per heavy atom. The van der Waals surface area contributed by atoms with Crippen LogP contribution >= 0.6 is 7.75 Å². The average molecular weight is 638 g/mol. The molecule has 3 N–H and O–H groups in total. The van der Waals surface area contributed by atoms with Crippen LogP contribution in [0.2, 0.25) is 0 Å². The van der Waals surface area contributed by atoms with Gasteiger partial charge in [0, 0.05) is 21.0 Å². The van der Waals surface area contributed by atoms with Crippen LogP contribution in [0.3, 0.4) is 0 Å². The fourth-order valence-electron chi connectivity index (χ4n) is 4.45. The van der Waals surface area contributed by atoms with Crippen molar-refractivity contribution in [2.45, 2.75) is 70.9 Å². The fourth-order valence-corrected chi connectivity index (χ4v) is 5.96. The number of alkyl halides is 1. The second-order valence-electron chi connectivity index (χ2n) is 10.9. The number of hydrogen-bond acceptors (Lipinski definition) is 12. The van der Waals surface area contributed by atoms with Crippen LogP contribution in [0.4, 0.5) is 16.2 Å². The van der Waals surface area contributed by atoms with E-state index in [0.717, 1.165) is 6.92 Å². The number of imidazole rings is 1. The van der Waals surface area contributed by atoms with Crippen molar-refractivity contribution in [1.82, 2.24) is 24.6 Å². The molecule has 240 valence electrons. The number of nitrogens with zero attached hydrogens (tertiary/aromatic N) is 5. The first-order chi connectivity index (χ1) is 20.6. The molecule has 1 aliphatic rings. The van der Waals surface area contributed by atoms with Crippen molar-refractivity contribution in [3.05, 3.63) is 36.7 Å². The van der Waals surface area contributed by atoms with E-state index in [-0.39, 0.29) is 17.3 Å². The number of carbonyl (C=O) groups excluding carboxylic acids is 2. The Kier molecular flexibility index (Phi) is 9.90. The summed E-state index contributed by atoms with van der Waals surface area (Å²) in [6.45, 7) is 6.60. The Labute approximate surface area is 253 Å². The molecule has 1 fully saturated rings. The highest BCUT2D eigenvalue weighted by atomic mass is 31.2. The summed E-state index contributed by atoms with van der Waals surface area (Å²) in [7, 11) is -0.889. The number of aliphatic hydroxyl groups is 1. The molecule has 1 amide bonds. The first kappa shape index (κ1) is 33.2. The quantitative estimate of drug-likeness (QED) is 0.195. The summed E-state index contributed by atoms with van der Waals surface area (Å²) in [5.41, 5.74) is -1.98. The summed E-state index contributed by atoms with van der Waals surface area (Å²) in [5.74, 6) is -0.622. The molecule has 1 aliphatic heterocycles. The molecule has 6 atom stereocenters. The van der Waals surface area contributed by atoms with E-state index in [1.807, 2.05) is 0 Å². The van der Waals surface area contributed by atoms with Gasteiger partial charge in [-0.1, -0.05) is 18.2 Å². The standard InChI is InChI=1S/C27H37FN7O8P/c1-15(2)41-24(38)16(3)33-44(39,43-18-11-9-8-10-12-18)40-13-19-21(37)27(5,28)25(42-19)35-14-29-20-22(34(6)7)31-26(30-17(4)36)32-23(20)35/h8-12,14-16,19,21,25,37H,13H2,1-7H3,(H,33,39)(H,30,31,32,36)/t16-,19+,21+,25+,27+,44?/m0/s1. The Bertz CT molecular complexity index is 1540. The molecule has 17 heteroatoms. The van der Waals surface area contributed by atoms with Gasteiger partial charge in [-0.2, -0.15) is 15.1 Å². The van der Waals surface area contributed by atoms with Gasteiger partial charge in [0.25, 0.3) is 0 Å². The summed E-state index contributed by atoms with van der Waals surface area (Å²) in [5, 5.41) is 16.0. The zero-order chi connectivity index (χ0) is 32.4. The van der Waals surface area contributed by atoms with E-state index in [4.69, 9.17) is 18.5 Å². The maximum Gasteiger partial charge on any atom is 0.459 e. The van der Waals surface area contributed by atoms with Crippen LogP contribution in [-0.2, 0) is 28.2 Å². The monoisotopic (exact) mass is 637 g/mol. The largest absolute Gasteiger partial charge is 0.462 e. The van der Waals surface area contributed by atoms with Gasteiger partial charge in [0.2, 0.25) is 11.9 Å². The Hall–Kier alpha value is -3.69. The number of nitrogens with one attached hydrogen (secondary N) is 2. The molecule has 44 heavy (non-hydrogen) atoms. The number of amides is 1. The molecule has 3 aromatic rings. The smallest absolute Gasteiger partial charge is 0.459 e. The summed E-state index contributed by atoms with van der Waals surface area (Å²) < 4.78 is 53.7. The number of fused-ring (bicyclic) bond motifs is 1. The number of benzene rings is 1. The number of esters is 1. The third-order valence-corrected chi connectivity index (χ3v) is 8.16. The number of carbonyl (C=O) groups is 2. The van der Waals surface area contributed by atoms with Gasteiger partial charge in [0.1, 0.15) is 24.0 Å². The molecule has 0 radical (unpaired) electrons. The predicted octanol–water partition coefficient (Wildman–Crippen LogP) is 2.97. The van der Waals surface area contributed by atoms with E-state index >= 15 is 4.39 Å². The minimum Gasteiger partial charge on any atom is -0.462 e. The van der Waals surface area contributed by atoms with Gasteiger partial charge in [0.15, 0.2) is 28.9 Å². The van der Waals surface area contributed by atoms with Gasteiger partial charge >= 0.3 is 13.7 Å². The molecule has 15 nitrogen and oxygen atoms in total. The number of rotatable bonds is 12. The summed E-state index contributed by atoms with van der Waals surface area (Å²) in [4.78, 5) is 38.7. The van der Waals surface area contributed by atoms with Crippen LogP contribution in [0.1, 0.15) is 40.8 Å². The van der Waals surface area contributed by atoms with Crippen LogP contribution in [-0.4, -0.2) is 87.2 Å². The number of aliphatic hydroxyl groups excluding tert-OH is 1. The van der Waals surface area contributed by atoms with Crippen molar-refractivity contribution < 1.29 is 42.2 Å². The van der Waals surface area contributed by atoms with E-state index < -0.39 is 62.5 Å². The summed E-state index contributed by atoms with van der Waals surface area (Å²) >= 11 is 0. The number of para-hydroxylation sites is 1. The van der Waals surface area contributed by atoms with Gasteiger partial charge in [0.05, 0.1) is 19.0 Å². The molecule has 2 aromatic heterocycles. The van der Waals surface area contributed by atoms with Crippen molar-refractivity contribution in [2.75, 3.05) is 30.9 Å². The third-order valence-electron chi connectivity index (χ3n) is 6.52. The molecule has 4 rings (SSSR count). The topological polar surface area (TPSA) is 179 Å². The zero-order valence-corrected chi connectivity index (χ0v) is 26.3.